The molecule has 2 aromatic rings. The Labute approximate surface area is 126 Å². The van der Waals surface area contributed by atoms with Crippen LogP contribution in [0.2, 0.25) is 5.02 Å². The molecule has 1 atom stereocenters. The number of aromatic nitrogens is 2. The van der Waals surface area contributed by atoms with Crippen LogP contribution in [-0.4, -0.2) is 27.4 Å². The van der Waals surface area contributed by atoms with Gasteiger partial charge < -0.3 is 19.7 Å². The van der Waals surface area contributed by atoms with E-state index >= 15 is 0 Å². The van der Waals surface area contributed by atoms with E-state index < -0.39 is 6.09 Å². The van der Waals surface area contributed by atoms with Gasteiger partial charge in [-0.15, -0.1) is 0 Å². The van der Waals surface area contributed by atoms with Crippen molar-refractivity contribution in [2.75, 3.05) is 6.61 Å². The van der Waals surface area contributed by atoms with Crippen LogP contribution in [0.25, 0.3) is 11.0 Å². The molecule has 3 rings (SSSR count). The average molecular weight is 310 g/mol. The van der Waals surface area contributed by atoms with Crippen LogP contribution < -0.4 is 5.32 Å². The number of nitrogens with one attached hydrogen (secondary N) is 1. The first-order valence-electron chi connectivity index (χ1n) is 6.88. The van der Waals surface area contributed by atoms with E-state index in [1.54, 1.807) is 12.4 Å². The van der Waals surface area contributed by atoms with Gasteiger partial charge in [-0.25, -0.2) is 9.78 Å². The fourth-order valence-electron chi connectivity index (χ4n) is 2.65. The van der Waals surface area contributed by atoms with Gasteiger partial charge in [-0.05, 0) is 31.4 Å². The Morgan fingerprint density at radius 1 is 1.52 bits per heavy atom. The summed E-state index contributed by atoms with van der Waals surface area (Å²) in [4.78, 5) is 15.1. The third kappa shape index (κ3) is 2.96. The van der Waals surface area contributed by atoms with E-state index in [-0.39, 0.29) is 12.8 Å². The number of carbonyl (C=O) groups is 1. The number of amides is 1. The van der Waals surface area contributed by atoms with Crippen LogP contribution in [0.15, 0.2) is 18.5 Å². The first-order chi connectivity index (χ1) is 10.1. The summed E-state index contributed by atoms with van der Waals surface area (Å²) in [7, 11) is 0. The smallest absolute Gasteiger partial charge is 0.404 e. The maximum atomic E-state index is 10.7. The van der Waals surface area contributed by atoms with E-state index in [1.165, 1.54) is 0 Å². The summed E-state index contributed by atoms with van der Waals surface area (Å²) in [5.41, 5.74) is 2.38. The lowest BCUT2D eigenvalue weighted by Crippen LogP contribution is -2.20. The lowest BCUT2D eigenvalue weighted by molar-refractivity contribution is -0.0295. The summed E-state index contributed by atoms with van der Waals surface area (Å²) in [5.74, 6) is 0. The summed E-state index contributed by atoms with van der Waals surface area (Å²) in [6.45, 7) is 0.924. The third-order valence-electron chi connectivity index (χ3n) is 3.62. The zero-order valence-corrected chi connectivity index (χ0v) is 12.1. The molecule has 1 fully saturated rings. The molecule has 0 radical (unpaired) electrons. The van der Waals surface area contributed by atoms with Crippen molar-refractivity contribution in [2.24, 2.45) is 0 Å². The average Bonchev–Trinajstić information content (AvgIpc) is 2.89. The Hall–Kier alpha value is -1.79. The Bertz CT molecular complexity index is 665. The number of benzene rings is 1. The predicted molar refractivity (Wildman–Crippen MR) is 78.4 cm³/mol. The number of halogens is 1. The molecule has 1 aliphatic rings. The number of nitrogens with zero attached hydrogens (tertiary/aromatic N) is 2. The van der Waals surface area contributed by atoms with Crippen LogP contribution in [0.4, 0.5) is 4.79 Å². The Kier molecular flexibility index (Phi) is 3.98. The molecule has 0 saturated carbocycles. The molecule has 1 unspecified atom stereocenters. The third-order valence-corrected chi connectivity index (χ3v) is 3.84. The van der Waals surface area contributed by atoms with Crippen LogP contribution in [0, 0.1) is 0 Å². The number of hydrogen-bond acceptors (Lipinski definition) is 3. The molecule has 1 saturated heterocycles. The van der Waals surface area contributed by atoms with E-state index in [0.29, 0.717) is 5.02 Å². The van der Waals surface area contributed by atoms with E-state index in [9.17, 15) is 4.79 Å². The number of ether oxygens (including phenoxy) is 1. The van der Waals surface area contributed by atoms with Crippen molar-refractivity contribution in [1.29, 1.82) is 0 Å². The first-order valence-corrected chi connectivity index (χ1v) is 7.26. The van der Waals surface area contributed by atoms with Crippen molar-refractivity contribution in [3.05, 3.63) is 29.0 Å². The monoisotopic (exact) mass is 309 g/mol. The van der Waals surface area contributed by atoms with Gasteiger partial charge in [-0.2, -0.15) is 0 Å². The Morgan fingerprint density at radius 3 is 3.10 bits per heavy atom. The second kappa shape index (κ2) is 5.91. The molecular weight excluding hydrogens is 294 g/mol. The van der Waals surface area contributed by atoms with E-state index in [0.717, 1.165) is 42.5 Å². The van der Waals surface area contributed by atoms with Gasteiger partial charge in [0.05, 0.1) is 17.4 Å². The van der Waals surface area contributed by atoms with Gasteiger partial charge >= 0.3 is 6.09 Å². The maximum Gasteiger partial charge on any atom is 0.404 e. The van der Waals surface area contributed by atoms with Gasteiger partial charge in [0.2, 0.25) is 0 Å². The predicted octanol–water partition coefficient (Wildman–Crippen LogP) is 3.16. The molecule has 1 aromatic carbocycles. The van der Waals surface area contributed by atoms with Crippen molar-refractivity contribution < 1.29 is 14.6 Å². The van der Waals surface area contributed by atoms with Gasteiger partial charge in [-0.1, -0.05) is 11.6 Å². The fourth-order valence-corrected chi connectivity index (χ4v) is 2.88. The van der Waals surface area contributed by atoms with Gasteiger partial charge in [-0.3, -0.25) is 0 Å². The lowest BCUT2D eigenvalue weighted by atomic mass is 10.1. The summed E-state index contributed by atoms with van der Waals surface area (Å²) in [6.07, 6.45) is 3.79. The molecule has 0 aliphatic carbocycles. The van der Waals surface area contributed by atoms with Crippen molar-refractivity contribution in [2.45, 2.75) is 32.0 Å². The molecule has 1 amide bonds. The summed E-state index contributed by atoms with van der Waals surface area (Å²) >= 11 is 6.15. The number of fused-ring (bicyclic) bond motifs is 1. The van der Waals surface area contributed by atoms with E-state index in [1.807, 2.05) is 10.6 Å². The van der Waals surface area contributed by atoms with Gasteiger partial charge in [0.25, 0.3) is 0 Å². The van der Waals surface area contributed by atoms with Crippen molar-refractivity contribution in [1.82, 2.24) is 14.9 Å². The molecule has 0 bridgehead atoms. The normalized spacial score (nSPS) is 18.8. The van der Waals surface area contributed by atoms with Crippen molar-refractivity contribution >= 4 is 28.7 Å². The molecule has 2 heterocycles. The van der Waals surface area contributed by atoms with Crippen molar-refractivity contribution in [3.63, 3.8) is 0 Å². The van der Waals surface area contributed by atoms with Crippen LogP contribution in [0.1, 0.15) is 31.1 Å². The topological polar surface area (TPSA) is 76.4 Å². The summed E-state index contributed by atoms with van der Waals surface area (Å²) in [5, 5.41) is 11.6. The number of hydrogen-bond donors (Lipinski definition) is 2. The standard InChI is InChI=1S/C14H16ClN3O3/c15-10-5-9(7-16-14(19)20)13-11(6-10)18(8-17-13)12-3-1-2-4-21-12/h5-6,8,12,16H,1-4,7H2,(H,19,20). The highest BCUT2D eigenvalue weighted by Gasteiger charge is 2.19. The second-order valence-electron chi connectivity index (χ2n) is 5.06. The lowest BCUT2D eigenvalue weighted by Gasteiger charge is -2.24. The Morgan fingerprint density at radius 2 is 2.38 bits per heavy atom. The Balaban J connectivity index is 1.98. The van der Waals surface area contributed by atoms with Gasteiger partial charge in [0.1, 0.15) is 6.23 Å². The van der Waals surface area contributed by atoms with E-state index in [2.05, 4.69) is 10.3 Å². The number of imidazole rings is 1. The fraction of sp³-hybridized carbons (Fsp3) is 0.429. The number of rotatable bonds is 3. The molecule has 112 valence electrons. The van der Waals surface area contributed by atoms with Crippen LogP contribution in [0.3, 0.4) is 0 Å². The molecule has 21 heavy (non-hydrogen) atoms. The zero-order chi connectivity index (χ0) is 14.8. The van der Waals surface area contributed by atoms with Crippen LogP contribution in [0.5, 0.6) is 0 Å². The molecular formula is C14H16ClN3O3. The first kappa shape index (κ1) is 14.2. The quantitative estimate of drug-likeness (QED) is 0.913. The SMILES string of the molecule is O=C(O)NCc1cc(Cl)cc2c1ncn2C1CCCCO1. The molecule has 7 heteroatoms. The number of carboxylic acid groups (broad SMARTS) is 1. The minimum Gasteiger partial charge on any atom is -0.465 e. The summed E-state index contributed by atoms with van der Waals surface area (Å²) in [6, 6.07) is 3.57. The highest BCUT2D eigenvalue weighted by atomic mass is 35.5. The largest absolute Gasteiger partial charge is 0.465 e. The molecule has 1 aliphatic heterocycles. The zero-order valence-electron chi connectivity index (χ0n) is 11.4. The highest BCUT2D eigenvalue weighted by molar-refractivity contribution is 6.31. The maximum absolute atomic E-state index is 10.7. The van der Waals surface area contributed by atoms with Crippen molar-refractivity contribution in [3.8, 4) is 0 Å². The summed E-state index contributed by atoms with van der Waals surface area (Å²) < 4.78 is 7.76. The minimum atomic E-state index is -1.07. The second-order valence-corrected chi connectivity index (χ2v) is 5.50. The molecule has 2 N–H and O–H groups in total. The van der Waals surface area contributed by atoms with Crippen LogP contribution in [-0.2, 0) is 11.3 Å². The van der Waals surface area contributed by atoms with Gasteiger partial charge in [0, 0.05) is 23.7 Å². The molecule has 1 aromatic heterocycles. The highest BCUT2D eigenvalue weighted by Crippen LogP contribution is 2.29. The van der Waals surface area contributed by atoms with Gasteiger partial charge in [0.15, 0.2) is 0 Å². The molecule has 6 nitrogen and oxygen atoms in total. The molecule has 0 spiro atoms. The minimum absolute atomic E-state index is 0.0255. The van der Waals surface area contributed by atoms with Crippen LogP contribution >= 0.6 is 11.6 Å². The van der Waals surface area contributed by atoms with E-state index in [4.69, 9.17) is 21.4 Å².